The first kappa shape index (κ1) is 26.5. The molecule has 1 saturated carbocycles. The third-order valence-electron chi connectivity index (χ3n) is 6.64. The smallest absolute Gasteiger partial charge is 0.298 e. The van der Waals surface area contributed by atoms with E-state index in [4.69, 9.17) is 4.74 Å². The third-order valence-corrected chi connectivity index (χ3v) is 7.06. The highest BCUT2D eigenvalue weighted by molar-refractivity contribution is 7.99. The van der Waals surface area contributed by atoms with Gasteiger partial charge in [0.25, 0.3) is 12.0 Å². The number of hydrogen-bond acceptors (Lipinski definition) is 6. The Morgan fingerprint density at radius 2 is 1.86 bits per heavy atom. The quantitative estimate of drug-likeness (QED) is 0.233. The molecule has 0 bridgehead atoms. The maximum atomic E-state index is 14.9. The SMILES string of the molecule is CSNc1cccc(-c2c(OC=O)c(C(Nc3ccc(C)cc3F)=C(C)C)c(=O)n(C3CC3)c2C)c1C. The molecule has 2 N–H and O–H groups in total. The molecule has 3 aromatic rings. The highest BCUT2D eigenvalue weighted by atomic mass is 32.2. The number of rotatable bonds is 9. The zero-order chi connectivity index (χ0) is 26.9. The standard InChI is InChI=1S/C29H32FN3O3S/c1-16(2)27(31-24-13-10-17(3)14-22(24)30)26-28(36-15-34)25(19(5)33(29(26)35)20-11-12-20)21-8-7-9-23(18(21)4)32-37-6/h7-10,13-15,20,31-32H,11-12H2,1-6H3. The van der Waals surface area contributed by atoms with Crippen LogP contribution in [0, 0.1) is 26.6 Å². The lowest BCUT2D eigenvalue weighted by Crippen LogP contribution is -2.28. The summed E-state index contributed by atoms with van der Waals surface area (Å²) in [7, 11) is 0. The second-order valence-electron chi connectivity index (χ2n) is 9.55. The summed E-state index contributed by atoms with van der Waals surface area (Å²) < 4.78 is 25.6. The first-order valence-electron chi connectivity index (χ1n) is 12.2. The predicted molar refractivity (Wildman–Crippen MR) is 151 cm³/mol. The second-order valence-corrected chi connectivity index (χ2v) is 10.2. The number of nitrogens with one attached hydrogen (secondary N) is 2. The minimum atomic E-state index is -0.432. The number of benzene rings is 2. The lowest BCUT2D eigenvalue weighted by molar-refractivity contribution is -0.120. The molecule has 1 aromatic heterocycles. The van der Waals surface area contributed by atoms with Crippen LogP contribution in [-0.4, -0.2) is 17.3 Å². The number of hydrogen-bond donors (Lipinski definition) is 2. The molecule has 2 aromatic carbocycles. The van der Waals surface area contributed by atoms with Gasteiger partial charge in [0.2, 0.25) is 0 Å². The number of aryl methyl sites for hydroxylation is 1. The Labute approximate surface area is 221 Å². The molecule has 0 atom stereocenters. The molecule has 0 aliphatic heterocycles. The first-order chi connectivity index (χ1) is 17.7. The van der Waals surface area contributed by atoms with Gasteiger partial charge in [-0.2, -0.15) is 0 Å². The molecule has 1 fully saturated rings. The van der Waals surface area contributed by atoms with Crippen molar-refractivity contribution in [1.82, 2.24) is 4.57 Å². The van der Waals surface area contributed by atoms with Gasteiger partial charge in [-0.15, -0.1) is 0 Å². The Morgan fingerprint density at radius 3 is 2.46 bits per heavy atom. The monoisotopic (exact) mass is 521 g/mol. The fraction of sp³-hybridized carbons (Fsp3) is 0.310. The van der Waals surface area contributed by atoms with Gasteiger partial charge in [0, 0.05) is 29.2 Å². The van der Waals surface area contributed by atoms with Gasteiger partial charge in [-0.1, -0.05) is 35.7 Å². The molecular formula is C29H32FN3O3S. The Bertz CT molecular complexity index is 1450. The van der Waals surface area contributed by atoms with Crippen molar-refractivity contribution in [2.24, 2.45) is 0 Å². The average molecular weight is 522 g/mol. The van der Waals surface area contributed by atoms with E-state index in [1.807, 2.05) is 59.1 Å². The van der Waals surface area contributed by atoms with Crippen LogP contribution >= 0.6 is 11.9 Å². The predicted octanol–water partition coefficient (Wildman–Crippen LogP) is 7.00. The highest BCUT2D eigenvalue weighted by Gasteiger charge is 2.33. The van der Waals surface area contributed by atoms with E-state index in [0.717, 1.165) is 46.5 Å². The topological polar surface area (TPSA) is 72.4 Å². The molecule has 0 spiro atoms. The zero-order valence-corrected chi connectivity index (χ0v) is 22.8. The molecule has 1 heterocycles. The molecule has 8 heteroatoms. The van der Waals surface area contributed by atoms with E-state index in [2.05, 4.69) is 10.0 Å². The molecule has 0 radical (unpaired) electrons. The van der Waals surface area contributed by atoms with Gasteiger partial charge in [-0.25, -0.2) is 4.39 Å². The Morgan fingerprint density at radius 1 is 1.14 bits per heavy atom. The summed E-state index contributed by atoms with van der Waals surface area (Å²) in [6.07, 6.45) is 3.73. The molecule has 0 unspecified atom stereocenters. The fourth-order valence-electron chi connectivity index (χ4n) is 4.68. The minimum Gasteiger partial charge on any atom is -0.427 e. The second kappa shape index (κ2) is 10.8. The summed E-state index contributed by atoms with van der Waals surface area (Å²) in [4.78, 5) is 25.9. The van der Waals surface area contributed by atoms with Crippen LogP contribution < -0.4 is 20.3 Å². The molecule has 6 nitrogen and oxygen atoms in total. The largest absolute Gasteiger partial charge is 0.427 e. The molecule has 1 aliphatic rings. The van der Waals surface area contributed by atoms with Gasteiger partial charge in [0.15, 0.2) is 5.75 Å². The van der Waals surface area contributed by atoms with Crippen molar-refractivity contribution in [1.29, 1.82) is 0 Å². The molecule has 4 rings (SSSR count). The lowest BCUT2D eigenvalue weighted by atomic mass is 9.93. The summed E-state index contributed by atoms with van der Waals surface area (Å²) in [6, 6.07) is 10.8. The van der Waals surface area contributed by atoms with Crippen LogP contribution in [-0.2, 0) is 4.79 Å². The van der Waals surface area contributed by atoms with Crippen LogP contribution in [0.5, 0.6) is 5.75 Å². The average Bonchev–Trinajstić information content (AvgIpc) is 3.67. The van der Waals surface area contributed by atoms with Gasteiger partial charge < -0.3 is 19.3 Å². The van der Waals surface area contributed by atoms with E-state index in [1.54, 1.807) is 16.7 Å². The van der Waals surface area contributed by atoms with E-state index in [1.165, 1.54) is 18.0 Å². The Kier molecular flexibility index (Phi) is 7.78. The maximum absolute atomic E-state index is 14.9. The van der Waals surface area contributed by atoms with E-state index in [0.29, 0.717) is 17.7 Å². The van der Waals surface area contributed by atoms with Crippen molar-refractivity contribution < 1.29 is 13.9 Å². The zero-order valence-electron chi connectivity index (χ0n) is 22.0. The number of pyridine rings is 1. The van der Waals surface area contributed by atoms with Crippen LogP contribution in [0.15, 0.2) is 46.8 Å². The van der Waals surface area contributed by atoms with Gasteiger partial charge >= 0.3 is 0 Å². The van der Waals surface area contributed by atoms with Crippen molar-refractivity contribution in [3.8, 4) is 16.9 Å². The van der Waals surface area contributed by atoms with Crippen LogP contribution in [0.2, 0.25) is 0 Å². The fourth-order valence-corrected chi connectivity index (χ4v) is 5.12. The van der Waals surface area contributed by atoms with Crippen molar-refractivity contribution in [2.45, 2.75) is 53.5 Å². The summed E-state index contributed by atoms with van der Waals surface area (Å²) in [6.45, 7) is 9.72. The molecule has 0 amide bonds. The summed E-state index contributed by atoms with van der Waals surface area (Å²) in [5, 5.41) is 3.14. The van der Waals surface area contributed by atoms with Crippen molar-refractivity contribution >= 4 is 35.5 Å². The Hall–Kier alpha value is -3.52. The molecule has 0 saturated heterocycles. The summed E-state index contributed by atoms with van der Waals surface area (Å²) in [5.74, 6) is -0.270. The van der Waals surface area contributed by atoms with Crippen molar-refractivity contribution in [2.75, 3.05) is 16.3 Å². The number of nitrogens with zero attached hydrogens (tertiary/aromatic N) is 1. The van der Waals surface area contributed by atoms with Crippen molar-refractivity contribution in [3.63, 3.8) is 0 Å². The van der Waals surface area contributed by atoms with E-state index in [-0.39, 0.29) is 28.6 Å². The van der Waals surface area contributed by atoms with Gasteiger partial charge in [-0.3, -0.25) is 9.59 Å². The van der Waals surface area contributed by atoms with E-state index < -0.39 is 5.82 Å². The molecule has 37 heavy (non-hydrogen) atoms. The minimum absolute atomic E-state index is 0.0672. The first-order valence-corrected chi connectivity index (χ1v) is 13.4. The number of allylic oxidation sites excluding steroid dienone is 1. The van der Waals surface area contributed by atoms with Crippen molar-refractivity contribution in [3.05, 3.63) is 80.5 Å². The number of anilines is 2. The third kappa shape index (κ3) is 5.16. The maximum Gasteiger partial charge on any atom is 0.298 e. The number of ether oxygens (including phenoxy) is 1. The number of carbonyl (C=O) groups is 1. The van der Waals surface area contributed by atoms with Crippen LogP contribution in [0.25, 0.3) is 16.8 Å². The summed E-state index contributed by atoms with van der Waals surface area (Å²) >= 11 is 1.48. The number of aromatic nitrogens is 1. The van der Waals surface area contributed by atoms with Gasteiger partial charge in [-0.05, 0) is 82.3 Å². The molecule has 194 valence electrons. The molecular weight excluding hydrogens is 489 g/mol. The van der Waals surface area contributed by atoms with Crippen LogP contribution in [0.1, 0.15) is 55.1 Å². The van der Waals surface area contributed by atoms with E-state index >= 15 is 0 Å². The normalized spacial score (nSPS) is 12.7. The van der Waals surface area contributed by atoms with Gasteiger partial charge in [0.1, 0.15) is 11.4 Å². The Balaban J connectivity index is 2.06. The highest BCUT2D eigenvalue weighted by Crippen LogP contribution is 2.44. The summed E-state index contributed by atoms with van der Waals surface area (Å²) in [5.41, 5.74) is 6.25. The molecule has 1 aliphatic carbocycles. The van der Waals surface area contributed by atoms with Gasteiger partial charge in [0.05, 0.1) is 11.4 Å². The number of halogens is 1. The number of carbonyl (C=O) groups excluding carboxylic acids is 1. The lowest BCUT2D eigenvalue weighted by Gasteiger charge is -2.24. The van der Waals surface area contributed by atoms with Crippen LogP contribution in [0.3, 0.4) is 0 Å². The van der Waals surface area contributed by atoms with E-state index in [9.17, 15) is 14.0 Å². The van der Waals surface area contributed by atoms with Crippen LogP contribution in [0.4, 0.5) is 15.8 Å².